The van der Waals surface area contributed by atoms with Gasteiger partial charge in [0.15, 0.2) is 5.75 Å². The number of para-hydroxylation sites is 1. The fourth-order valence-electron chi connectivity index (χ4n) is 3.24. The Bertz CT molecular complexity index is 983. The summed E-state index contributed by atoms with van der Waals surface area (Å²) in [6.07, 6.45) is 1.08. The summed E-state index contributed by atoms with van der Waals surface area (Å²) < 4.78 is 10.9. The molecule has 1 aliphatic rings. The molecule has 24 heavy (non-hydrogen) atoms. The number of carbonyl (C=O) groups is 1. The number of esters is 1. The molecule has 4 heteroatoms. The third-order valence-electron chi connectivity index (χ3n) is 4.52. The molecule has 0 aliphatic carbocycles. The number of aryl methyl sites for hydroxylation is 1. The van der Waals surface area contributed by atoms with Gasteiger partial charge in [0.05, 0.1) is 17.4 Å². The molecule has 0 fully saturated rings. The number of hydrogen-bond acceptors (Lipinski definition) is 4. The first kappa shape index (κ1) is 14.7. The van der Waals surface area contributed by atoms with Gasteiger partial charge >= 0.3 is 11.6 Å². The van der Waals surface area contributed by atoms with Crippen molar-refractivity contribution in [1.82, 2.24) is 0 Å². The summed E-state index contributed by atoms with van der Waals surface area (Å²) in [6.45, 7) is 2.09. The van der Waals surface area contributed by atoms with Gasteiger partial charge in [-0.3, -0.25) is 4.79 Å². The Balaban J connectivity index is 1.94. The average Bonchev–Trinajstić information content (AvgIpc) is 2.61. The van der Waals surface area contributed by atoms with Gasteiger partial charge in [-0.25, -0.2) is 4.79 Å². The van der Waals surface area contributed by atoms with Crippen LogP contribution in [0, 0.1) is 0 Å². The number of fused-ring (bicyclic) bond motifs is 3. The number of carbonyl (C=O) groups excluding carboxylic acids is 1. The highest BCUT2D eigenvalue weighted by Crippen LogP contribution is 2.40. The van der Waals surface area contributed by atoms with Gasteiger partial charge in [0, 0.05) is 5.92 Å². The van der Waals surface area contributed by atoms with Crippen molar-refractivity contribution in [1.29, 1.82) is 0 Å². The zero-order valence-electron chi connectivity index (χ0n) is 13.2. The van der Waals surface area contributed by atoms with E-state index in [4.69, 9.17) is 9.15 Å². The molecule has 0 bridgehead atoms. The Kier molecular flexibility index (Phi) is 3.45. The fourth-order valence-corrected chi connectivity index (χ4v) is 3.24. The van der Waals surface area contributed by atoms with Crippen LogP contribution in [0.2, 0.25) is 0 Å². The molecule has 0 saturated heterocycles. The summed E-state index contributed by atoms with van der Waals surface area (Å²) in [6, 6.07) is 15.1. The molecule has 0 amide bonds. The Morgan fingerprint density at radius 1 is 1.04 bits per heavy atom. The maximum absolute atomic E-state index is 12.5. The third kappa shape index (κ3) is 2.31. The predicted molar refractivity (Wildman–Crippen MR) is 90.4 cm³/mol. The molecule has 1 atom stereocenters. The third-order valence-corrected chi connectivity index (χ3v) is 4.52. The van der Waals surface area contributed by atoms with Crippen LogP contribution in [0.15, 0.2) is 57.7 Å². The first-order valence-electron chi connectivity index (χ1n) is 8.02. The maximum atomic E-state index is 12.5. The largest absolute Gasteiger partial charge is 0.425 e. The van der Waals surface area contributed by atoms with E-state index in [0.29, 0.717) is 22.3 Å². The molecule has 120 valence electrons. The Morgan fingerprint density at radius 2 is 1.79 bits per heavy atom. The number of rotatable bonds is 2. The van der Waals surface area contributed by atoms with E-state index in [1.54, 1.807) is 18.2 Å². The van der Waals surface area contributed by atoms with Gasteiger partial charge in [-0.1, -0.05) is 43.3 Å². The second-order valence-corrected chi connectivity index (χ2v) is 5.95. The summed E-state index contributed by atoms with van der Waals surface area (Å²) in [5, 5.41) is 0.648. The highest BCUT2D eigenvalue weighted by atomic mass is 16.5. The SMILES string of the molecule is CCc1ccc([C@H]2CC(=O)Oc3c2c(=O)oc2ccccc32)cc1. The van der Waals surface area contributed by atoms with Crippen LogP contribution in [0.1, 0.15) is 36.0 Å². The van der Waals surface area contributed by atoms with Crippen LogP contribution in [0.5, 0.6) is 5.75 Å². The topological polar surface area (TPSA) is 56.5 Å². The molecule has 0 saturated carbocycles. The number of hydrogen-bond donors (Lipinski definition) is 0. The summed E-state index contributed by atoms with van der Waals surface area (Å²) >= 11 is 0. The molecule has 0 unspecified atom stereocenters. The lowest BCUT2D eigenvalue weighted by molar-refractivity contribution is -0.135. The van der Waals surface area contributed by atoms with Crippen LogP contribution < -0.4 is 10.4 Å². The molecule has 0 spiro atoms. The first-order valence-corrected chi connectivity index (χ1v) is 8.02. The van der Waals surface area contributed by atoms with Crippen LogP contribution in [-0.2, 0) is 11.2 Å². The van der Waals surface area contributed by atoms with Crippen molar-refractivity contribution in [3.05, 3.63) is 75.6 Å². The Labute approximate surface area is 138 Å². The monoisotopic (exact) mass is 320 g/mol. The fraction of sp³-hybridized carbons (Fsp3) is 0.200. The molecule has 1 aromatic heterocycles. The van der Waals surface area contributed by atoms with Crippen LogP contribution in [0.3, 0.4) is 0 Å². The highest BCUT2D eigenvalue weighted by molar-refractivity contribution is 5.90. The summed E-state index contributed by atoms with van der Waals surface area (Å²) in [5.41, 5.74) is 2.55. The van der Waals surface area contributed by atoms with Crippen LogP contribution in [0.4, 0.5) is 0 Å². The van der Waals surface area contributed by atoms with Gasteiger partial charge < -0.3 is 9.15 Å². The molecule has 3 aromatic rings. The van der Waals surface area contributed by atoms with E-state index in [-0.39, 0.29) is 18.3 Å². The lowest BCUT2D eigenvalue weighted by Crippen LogP contribution is -2.26. The van der Waals surface area contributed by atoms with Gasteiger partial charge in [0.25, 0.3) is 0 Å². The molecule has 2 heterocycles. The van der Waals surface area contributed by atoms with Crippen molar-refractivity contribution in [2.24, 2.45) is 0 Å². The molecule has 4 rings (SSSR count). The maximum Gasteiger partial charge on any atom is 0.343 e. The molecule has 0 radical (unpaired) electrons. The van der Waals surface area contributed by atoms with E-state index < -0.39 is 5.63 Å². The van der Waals surface area contributed by atoms with Crippen molar-refractivity contribution < 1.29 is 13.9 Å². The van der Waals surface area contributed by atoms with E-state index in [1.165, 1.54) is 5.56 Å². The van der Waals surface area contributed by atoms with Crippen LogP contribution >= 0.6 is 0 Å². The van der Waals surface area contributed by atoms with E-state index in [1.807, 2.05) is 30.3 Å². The average molecular weight is 320 g/mol. The molecular weight excluding hydrogens is 304 g/mol. The molecule has 2 aromatic carbocycles. The minimum atomic E-state index is -0.444. The van der Waals surface area contributed by atoms with E-state index in [9.17, 15) is 9.59 Å². The van der Waals surface area contributed by atoms with Gasteiger partial charge in [-0.15, -0.1) is 0 Å². The van der Waals surface area contributed by atoms with E-state index in [2.05, 4.69) is 6.92 Å². The summed E-state index contributed by atoms with van der Waals surface area (Å²) in [4.78, 5) is 24.7. The minimum Gasteiger partial charge on any atom is -0.425 e. The van der Waals surface area contributed by atoms with E-state index in [0.717, 1.165) is 12.0 Å². The van der Waals surface area contributed by atoms with Crippen molar-refractivity contribution in [3.63, 3.8) is 0 Å². The molecule has 4 nitrogen and oxygen atoms in total. The van der Waals surface area contributed by atoms with Gasteiger partial charge in [0.2, 0.25) is 0 Å². The zero-order chi connectivity index (χ0) is 16.7. The van der Waals surface area contributed by atoms with Crippen molar-refractivity contribution in [3.8, 4) is 5.75 Å². The zero-order valence-corrected chi connectivity index (χ0v) is 13.2. The van der Waals surface area contributed by atoms with Gasteiger partial charge in [0.1, 0.15) is 5.58 Å². The minimum absolute atomic E-state index is 0.140. The normalized spacial score (nSPS) is 16.7. The standard InChI is InChI=1S/C20H16O4/c1-2-12-7-9-13(10-8-12)15-11-17(21)24-19-14-5-3-4-6-16(14)23-20(22)18(15)19/h3-10,15H,2,11H2,1H3/t15-/m1/s1. The number of ether oxygens (including phenoxy) is 1. The summed E-state index contributed by atoms with van der Waals surface area (Å²) in [7, 11) is 0. The quantitative estimate of drug-likeness (QED) is 0.532. The van der Waals surface area contributed by atoms with Gasteiger partial charge in [-0.2, -0.15) is 0 Å². The van der Waals surface area contributed by atoms with Crippen LogP contribution in [0.25, 0.3) is 11.0 Å². The lowest BCUT2D eigenvalue weighted by Gasteiger charge is -2.24. The Morgan fingerprint density at radius 3 is 2.54 bits per heavy atom. The predicted octanol–water partition coefficient (Wildman–Crippen LogP) is 3.80. The second-order valence-electron chi connectivity index (χ2n) is 5.95. The van der Waals surface area contributed by atoms with E-state index >= 15 is 0 Å². The van der Waals surface area contributed by atoms with Crippen molar-refractivity contribution in [2.45, 2.75) is 25.7 Å². The Hall–Kier alpha value is -2.88. The highest BCUT2D eigenvalue weighted by Gasteiger charge is 2.33. The van der Waals surface area contributed by atoms with Crippen LogP contribution in [-0.4, -0.2) is 5.97 Å². The molecule has 1 aliphatic heterocycles. The molecular formula is C20H16O4. The summed E-state index contributed by atoms with van der Waals surface area (Å²) in [5.74, 6) is -0.335. The molecule has 0 N–H and O–H groups in total. The smallest absolute Gasteiger partial charge is 0.343 e. The van der Waals surface area contributed by atoms with Gasteiger partial charge in [-0.05, 0) is 29.7 Å². The number of benzene rings is 2. The second kappa shape index (κ2) is 5.64. The van der Waals surface area contributed by atoms with Crippen molar-refractivity contribution >= 4 is 16.9 Å². The lowest BCUT2D eigenvalue weighted by atomic mass is 9.86. The first-order chi connectivity index (χ1) is 11.7. The van der Waals surface area contributed by atoms with Crippen molar-refractivity contribution in [2.75, 3.05) is 0 Å².